The first-order chi connectivity index (χ1) is 9.08. The first-order valence-electron chi connectivity index (χ1n) is 5.71. The minimum absolute atomic E-state index is 0.180. The number of halogens is 1. The van der Waals surface area contributed by atoms with Crippen molar-refractivity contribution in [1.82, 2.24) is 10.1 Å². The minimum Gasteiger partial charge on any atom is -0.391 e. The van der Waals surface area contributed by atoms with Gasteiger partial charge in [-0.3, -0.25) is 0 Å². The number of hydrogen-bond acceptors (Lipinski definition) is 6. The maximum absolute atomic E-state index is 13.4. The normalized spacial score (nSPS) is 14.3. The maximum Gasteiger partial charge on any atom is 0.246 e. The van der Waals surface area contributed by atoms with E-state index in [0.29, 0.717) is 16.5 Å². The van der Waals surface area contributed by atoms with Gasteiger partial charge in [0.2, 0.25) is 5.89 Å². The van der Waals surface area contributed by atoms with Gasteiger partial charge in [-0.25, -0.2) is 4.39 Å². The molecule has 0 saturated carbocycles. The van der Waals surface area contributed by atoms with Crippen molar-refractivity contribution in [2.24, 2.45) is 5.73 Å². The lowest BCUT2D eigenvalue weighted by molar-refractivity contribution is 0.146. The van der Waals surface area contributed by atoms with Crippen LogP contribution in [-0.4, -0.2) is 21.4 Å². The highest BCUT2D eigenvalue weighted by atomic mass is 32.2. The van der Waals surface area contributed by atoms with Crippen LogP contribution in [0.2, 0.25) is 0 Å². The summed E-state index contributed by atoms with van der Waals surface area (Å²) < 4.78 is 18.3. The Morgan fingerprint density at radius 3 is 2.89 bits per heavy atom. The number of thioether (sulfide) groups is 1. The summed E-state index contributed by atoms with van der Waals surface area (Å²) in [6.45, 7) is 1.54. The first kappa shape index (κ1) is 14.0. The van der Waals surface area contributed by atoms with Crippen LogP contribution in [0.15, 0.2) is 33.7 Å². The van der Waals surface area contributed by atoms with Crippen molar-refractivity contribution in [3.05, 3.63) is 41.8 Å². The molecule has 0 radical (unpaired) electrons. The number of aliphatic hydroxyl groups is 1. The van der Waals surface area contributed by atoms with Crippen LogP contribution in [0.4, 0.5) is 4.39 Å². The smallest absolute Gasteiger partial charge is 0.246 e. The van der Waals surface area contributed by atoms with Crippen LogP contribution in [0.5, 0.6) is 0 Å². The van der Waals surface area contributed by atoms with Crippen molar-refractivity contribution in [3.63, 3.8) is 0 Å². The Bertz CT molecular complexity index is 547. The number of aliphatic hydroxyl groups excluding tert-OH is 1. The van der Waals surface area contributed by atoms with Gasteiger partial charge < -0.3 is 15.4 Å². The van der Waals surface area contributed by atoms with Gasteiger partial charge in [-0.1, -0.05) is 17.3 Å². The zero-order valence-electron chi connectivity index (χ0n) is 10.3. The molecule has 7 heteroatoms. The number of benzene rings is 1. The van der Waals surface area contributed by atoms with Gasteiger partial charge >= 0.3 is 0 Å². The average molecular weight is 283 g/mol. The van der Waals surface area contributed by atoms with Crippen LogP contribution in [-0.2, 0) is 5.75 Å². The third-order valence-electron chi connectivity index (χ3n) is 2.48. The van der Waals surface area contributed by atoms with Gasteiger partial charge in [0.05, 0.1) is 11.9 Å². The largest absolute Gasteiger partial charge is 0.391 e. The number of hydrogen-bond donors (Lipinski definition) is 2. The summed E-state index contributed by atoms with van der Waals surface area (Å²) in [7, 11) is 0. The predicted molar refractivity (Wildman–Crippen MR) is 68.9 cm³/mol. The molecular weight excluding hydrogens is 269 g/mol. The number of aromatic nitrogens is 2. The minimum atomic E-state index is -0.771. The monoisotopic (exact) mass is 283 g/mol. The lowest BCUT2D eigenvalue weighted by Gasteiger charge is -2.08. The quantitative estimate of drug-likeness (QED) is 0.815. The van der Waals surface area contributed by atoms with Gasteiger partial charge in [0.15, 0.2) is 5.82 Å². The summed E-state index contributed by atoms with van der Waals surface area (Å²) in [6.07, 6.45) is -0.771. The molecule has 1 aromatic heterocycles. The Morgan fingerprint density at radius 2 is 2.21 bits per heavy atom. The third-order valence-corrected chi connectivity index (χ3v) is 3.53. The fourth-order valence-electron chi connectivity index (χ4n) is 1.37. The van der Waals surface area contributed by atoms with Crippen molar-refractivity contribution in [1.29, 1.82) is 0 Å². The standard InChI is InChI=1S/C12H14FN3O2S/c1-7(17)11(14)12-15-10(16-18-12)6-19-9-5-3-2-4-8(9)13/h2-5,7,11,17H,6,14H2,1H3/t7-,11+/m1/s1. The molecule has 5 nitrogen and oxygen atoms in total. The van der Waals surface area contributed by atoms with Gasteiger partial charge in [-0.2, -0.15) is 4.98 Å². The summed E-state index contributed by atoms with van der Waals surface area (Å²) >= 11 is 1.27. The Labute approximate surface area is 114 Å². The molecule has 2 atom stereocenters. The lowest BCUT2D eigenvalue weighted by Crippen LogP contribution is -2.23. The molecule has 0 aliphatic rings. The number of nitrogens with two attached hydrogens (primary N) is 1. The summed E-state index contributed by atoms with van der Waals surface area (Å²) in [6, 6.07) is 5.76. The van der Waals surface area contributed by atoms with Gasteiger partial charge in [-0.15, -0.1) is 11.8 Å². The molecule has 19 heavy (non-hydrogen) atoms. The summed E-state index contributed by atoms with van der Waals surface area (Å²) in [5.41, 5.74) is 5.67. The Hall–Kier alpha value is -1.44. The predicted octanol–water partition coefficient (Wildman–Crippen LogP) is 1.88. The van der Waals surface area contributed by atoms with Crippen LogP contribution in [0, 0.1) is 5.82 Å². The summed E-state index contributed by atoms with van der Waals surface area (Å²) in [4.78, 5) is 4.59. The maximum atomic E-state index is 13.4. The van der Waals surface area contributed by atoms with E-state index >= 15 is 0 Å². The number of nitrogens with zero attached hydrogens (tertiary/aromatic N) is 2. The molecule has 2 rings (SSSR count). The Balaban J connectivity index is 1.99. The van der Waals surface area contributed by atoms with E-state index in [1.807, 2.05) is 0 Å². The van der Waals surface area contributed by atoms with Gasteiger partial charge in [0.25, 0.3) is 0 Å². The molecule has 0 bridgehead atoms. The van der Waals surface area contributed by atoms with Gasteiger partial charge in [0.1, 0.15) is 11.9 Å². The Morgan fingerprint density at radius 1 is 1.47 bits per heavy atom. The summed E-state index contributed by atoms with van der Waals surface area (Å²) in [5.74, 6) is 0.687. The van der Waals surface area contributed by atoms with Crippen LogP contribution in [0.25, 0.3) is 0 Å². The second-order valence-corrected chi connectivity index (χ2v) is 5.05. The highest BCUT2D eigenvalue weighted by Gasteiger charge is 2.19. The molecule has 0 amide bonds. The fraction of sp³-hybridized carbons (Fsp3) is 0.333. The van der Waals surface area contributed by atoms with E-state index in [2.05, 4.69) is 10.1 Å². The molecule has 102 valence electrons. The SMILES string of the molecule is C[C@@H](O)[C@H](N)c1nc(CSc2ccccc2F)no1. The van der Waals surface area contributed by atoms with Crippen LogP contribution < -0.4 is 5.73 Å². The topological polar surface area (TPSA) is 85.2 Å². The Kier molecular flexibility index (Phi) is 4.52. The van der Waals surface area contributed by atoms with E-state index in [9.17, 15) is 9.50 Å². The van der Waals surface area contributed by atoms with Crippen molar-refractivity contribution >= 4 is 11.8 Å². The van der Waals surface area contributed by atoms with E-state index in [1.54, 1.807) is 25.1 Å². The molecule has 0 aliphatic heterocycles. The van der Waals surface area contributed by atoms with E-state index in [4.69, 9.17) is 10.3 Å². The molecule has 3 N–H and O–H groups in total. The molecule has 1 aromatic carbocycles. The molecule has 0 fully saturated rings. The number of rotatable bonds is 5. The van der Waals surface area contributed by atoms with Crippen LogP contribution in [0.3, 0.4) is 0 Å². The van der Waals surface area contributed by atoms with Crippen LogP contribution >= 0.6 is 11.8 Å². The molecule has 1 heterocycles. The fourth-order valence-corrected chi connectivity index (χ4v) is 2.15. The van der Waals surface area contributed by atoms with Gasteiger partial charge in [-0.05, 0) is 19.1 Å². The highest BCUT2D eigenvalue weighted by molar-refractivity contribution is 7.98. The second-order valence-electron chi connectivity index (χ2n) is 4.03. The van der Waals surface area contributed by atoms with E-state index in [1.165, 1.54) is 17.8 Å². The second kappa shape index (κ2) is 6.14. The third kappa shape index (κ3) is 3.52. The van der Waals surface area contributed by atoms with Crippen molar-refractivity contribution in [3.8, 4) is 0 Å². The van der Waals surface area contributed by atoms with E-state index < -0.39 is 12.1 Å². The molecule has 0 aliphatic carbocycles. The highest BCUT2D eigenvalue weighted by Crippen LogP contribution is 2.24. The molecular formula is C12H14FN3O2S. The molecule has 0 unspecified atom stereocenters. The van der Waals surface area contributed by atoms with Crippen molar-refractivity contribution in [2.45, 2.75) is 29.7 Å². The van der Waals surface area contributed by atoms with E-state index in [-0.39, 0.29) is 11.7 Å². The van der Waals surface area contributed by atoms with Crippen molar-refractivity contribution in [2.75, 3.05) is 0 Å². The summed E-state index contributed by atoms with van der Waals surface area (Å²) in [5, 5.41) is 13.1. The zero-order valence-corrected chi connectivity index (χ0v) is 11.1. The van der Waals surface area contributed by atoms with Crippen molar-refractivity contribution < 1.29 is 14.0 Å². The van der Waals surface area contributed by atoms with Gasteiger partial charge in [0, 0.05) is 4.90 Å². The first-order valence-corrected chi connectivity index (χ1v) is 6.70. The molecule has 2 aromatic rings. The van der Waals surface area contributed by atoms with E-state index in [0.717, 1.165) is 0 Å². The molecule has 0 saturated heterocycles. The average Bonchev–Trinajstić information content (AvgIpc) is 2.85. The zero-order chi connectivity index (χ0) is 13.8. The molecule has 0 spiro atoms. The van der Waals surface area contributed by atoms with Crippen LogP contribution in [0.1, 0.15) is 24.7 Å². The lowest BCUT2D eigenvalue weighted by atomic mass is 10.2.